The highest BCUT2D eigenvalue weighted by atomic mass is 79.9. The molecule has 16 heavy (non-hydrogen) atoms. The summed E-state index contributed by atoms with van der Waals surface area (Å²) in [4.78, 5) is 10.9. The number of nitrogens with one attached hydrogen (secondary N) is 1. The third-order valence-electron chi connectivity index (χ3n) is 1.37. The highest BCUT2D eigenvalue weighted by molar-refractivity contribution is 9.09. The number of halogens is 4. The maximum Gasteiger partial charge on any atom is 0.411 e. The van der Waals surface area contributed by atoms with E-state index in [0.29, 0.717) is 6.61 Å². The third-order valence-corrected chi connectivity index (χ3v) is 1.96. The average molecular weight is 308 g/mol. The molecule has 0 spiro atoms. The number of methoxy groups -OCH3 is 1. The monoisotopic (exact) mass is 307 g/mol. The largest absolute Gasteiger partial charge is 0.411 e. The molecule has 0 aliphatic rings. The van der Waals surface area contributed by atoms with Gasteiger partial charge >= 0.3 is 6.18 Å². The molecule has 96 valence electrons. The van der Waals surface area contributed by atoms with E-state index in [1.54, 1.807) is 0 Å². The lowest BCUT2D eigenvalue weighted by atomic mass is 10.4. The maximum atomic E-state index is 11.6. The summed E-state index contributed by atoms with van der Waals surface area (Å²) in [5.74, 6) is -0.593. The fraction of sp³-hybridized carbons (Fsp3) is 0.875. The molecule has 0 aromatic carbocycles. The zero-order chi connectivity index (χ0) is 12.6. The fourth-order valence-corrected chi connectivity index (χ4v) is 1.20. The van der Waals surface area contributed by atoms with Crippen molar-refractivity contribution in [2.75, 3.05) is 33.5 Å². The van der Waals surface area contributed by atoms with Crippen LogP contribution in [0.4, 0.5) is 13.2 Å². The van der Waals surface area contributed by atoms with Gasteiger partial charge in [-0.2, -0.15) is 13.2 Å². The van der Waals surface area contributed by atoms with Crippen LogP contribution in [-0.4, -0.2) is 50.4 Å². The van der Waals surface area contributed by atoms with E-state index in [1.807, 2.05) is 0 Å². The minimum absolute atomic E-state index is 0.0796. The molecule has 8 heteroatoms. The highest BCUT2D eigenvalue weighted by Crippen LogP contribution is 2.13. The molecule has 0 radical (unpaired) electrons. The van der Waals surface area contributed by atoms with E-state index in [9.17, 15) is 18.0 Å². The molecule has 0 aromatic rings. The Labute approximate surface area is 99.6 Å². The van der Waals surface area contributed by atoms with E-state index in [2.05, 4.69) is 26.0 Å². The molecule has 0 rings (SSSR count). The molecule has 0 heterocycles. The molecule has 0 aromatic heterocycles. The summed E-state index contributed by atoms with van der Waals surface area (Å²) in [6.45, 7) is -1.37. The van der Waals surface area contributed by atoms with Crippen LogP contribution in [0.1, 0.15) is 0 Å². The van der Waals surface area contributed by atoms with Crippen molar-refractivity contribution in [2.24, 2.45) is 0 Å². The van der Waals surface area contributed by atoms with E-state index in [-0.39, 0.29) is 11.4 Å². The van der Waals surface area contributed by atoms with Crippen molar-refractivity contribution < 1.29 is 27.4 Å². The molecule has 1 amide bonds. The molecule has 1 unspecified atom stereocenters. The van der Waals surface area contributed by atoms with E-state index in [1.165, 1.54) is 7.11 Å². The van der Waals surface area contributed by atoms with Crippen LogP contribution in [0.2, 0.25) is 0 Å². The minimum atomic E-state index is -4.41. The Kier molecular flexibility index (Phi) is 7.69. The third kappa shape index (κ3) is 10.2. The second-order valence-electron chi connectivity index (χ2n) is 2.96. The lowest BCUT2D eigenvalue weighted by molar-refractivity contribution is -0.175. The summed E-state index contributed by atoms with van der Waals surface area (Å²) >= 11 is 3.21. The minimum Gasteiger partial charge on any atom is -0.383 e. The van der Waals surface area contributed by atoms with Gasteiger partial charge in [0.15, 0.2) is 0 Å². The predicted octanol–water partition coefficient (Wildman–Crippen LogP) is 1.09. The van der Waals surface area contributed by atoms with Gasteiger partial charge in [-0.15, -0.1) is 0 Å². The molecule has 0 aliphatic heterocycles. The van der Waals surface area contributed by atoms with Gasteiger partial charge in [-0.1, -0.05) is 15.9 Å². The molecule has 1 atom stereocenters. The fourth-order valence-electron chi connectivity index (χ4n) is 0.775. The SMILES string of the molecule is COCC(Br)CNC(=O)COCC(F)(F)F. The second-order valence-corrected chi connectivity index (χ2v) is 4.26. The van der Waals surface area contributed by atoms with Gasteiger partial charge < -0.3 is 14.8 Å². The van der Waals surface area contributed by atoms with Crippen LogP contribution >= 0.6 is 15.9 Å². The Morgan fingerprint density at radius 2 is 2.12 bits per heavy atom. The van der Waals surface area contributed by atoms with Crippen molar-refractivity contribution in [3.8, 4) is 0 Å². The summed E-state index contributed by atoms with van der Waals surface area (Å²) in [6.07, 6.45) is -4.41. The van der Waals surface area contributed by atoms with Gasteiger partial charge in [0.25, 0.3) is 0 Å². The van der Waals surface area contributed by atoms with E-state index in [0.717, 1.165) is 0 Å². The normalized spacial score (nSPS) is 13.6. The van der Waals surface area contributed by atoms with Crippen LogP contribution < -0.4 is 5.32 Å². The van der Waals surface area contributed by atoms with Crippen molar-refractivity contribution in [1.29, 1.82) is 0 Å². The number of carbonyl (C=O) groups excluding carboxylic acids is 1. The van der Waals surface area contributed by atoms with Gasteiger partial charge in [0, 0.05) is 13.7 Å². The Balaban J connectivity index is 3.52. The molecule has 0 saturated heterocycles. The van der Waals surface area contributed by atoms with E-state index < -0.39 is 25.3 Å². The van der Waals surface area contributed by atoms with Crippen molar-refractivity contribution in [3.05, 3.63) is 0 Å². The van der Waals surface area contributed by atoms with Crippen molar-refractivity contribution in [1.82, 2.24) is 5.32 Å². The number of amides is 1. The van der Waals surface area contributed by atoms with Crippen LogP contribution in [0.5, 0.6) is 0 Å². The van der Waals surface area contributed by atoms with Crippen molar-refractivity contribution in [2.45, 2.75) is 11.0 Å². The quantitative estimate of drug-likeness (QED) is 0.716. The summed E-state index contributed by atoms with van der Waals surface area (Å²) in [5.41, 5.74) is 0. The highest BCUT2D eigenvalue weighted by Gasteiger charge is 2.27. The first-order valence-corrected chi connectivity index (χ1v) is 5.31. The van der Waals surface area contributed by atoms with Crippen molar-refractivity contribution in [3.63, 3.8) is 0 Å². The number of hydrogen-bond donors (Lipinski definition) is 1. The molecule has 0 bridgehead atoms. The van der Waals surface area contributed by atoms with E-state index in [4.69, 9.17) is 4.74 Å². The lowest BCUT2D eigenvalue weighted by Gasteiger charge is -2.11. The Morgan fingerprint density at radius 3 is 2.62 bits per heavy atom. The van der Waals surface area contributed by atoms with Crippen LogP contribution in [0.15, 0.2) is 0 Å². The van der Waals surface area contributed by atoms with Crippen LogP contribution in [-0.2, 0) is 14.3 Å². The Bertz CT molecular complexity index is 213. The van der Waals surface area contributed by atoms with Gasteiger partial charge in [-0.3, -0.25) is 4.79 Å². The standard InChI is InChI=1S/C8H13BrF3NO3/c1-15-3-6(9)2-13-7(14)4-16-5-8(10,11)12/h6H,2-5H2,1H3,(H,13,14). The van der Waals surface area contributed by atoms with E-state index >= 15 is 0 Å². The maximum absolute atomic E-state index is 11.6. The molecule has 0 fully saturated rings. The summed E-state index contributed by atoms with van der Waals surface area (Å²) < 4.78 is 43.9. The first-order valence-electron chi connectivity index (χ1n) is 4.39. The zero-order valence-corrected chi connectivity index (χ0v) is 10.2. The first-order chi connectivity index (χ1) is 7.35. The topological polar surface area (TPSA) is 47.6 Å². The first kappa shape index (κ1) is 15.7. The van der Waals surface area contributed by atoms with Gasteiger partial charge in [0.05, 0.1) is 11.4 Å². The number of rotatable bonds is 7. The van der Waals surface area contributed by atoms with Gasteiger partial charge in [-0.25, -0.2) is 0 Å². The summed E-state index contributed by atoms with van der Waals surface area (Å²) in [7, 11) is 1.50. The molecule has 1 N–H and O–H groups in total. The molecular formula is C8H13BrF3NO3. The van der Waals surface area contributed by atoms with Crippen LogP contribution in [0.25, 0.3) is 0 Å². The number of hydrogen-bond acceptors (Lipinski definition) is 3. The van der Waals surface area contributed by atoms with Gasteiger partial charge in [0.2, 0.25) is 5.91 Å². The molecule has 4 nitrogen and oxygen atoms in total. The second kappa shape index (κ2) is 7.86. The molecular weight excluding hydrogens is 295 g/mol. The summed E-state index contributed by atoms with van der Waals surface area (Å²) in [6, 6.07) is 0. The average Bonchev–Trinajstić information content (AvgIpc) is 2.13. The number of alkyl halides is 4. The van der Waals surface area contributed by atoms with Gasteiger partial charge in [-0.05, 0) is 0 Å². The van der Waals surface area contributed by atoms with Crippen molar-refractivity contribution >= 4 is 21.8 Å². The smallest absolute Gasteiger partial charge is 0.383 e. The van der Waals surface area contributed by atoms with Gasteiger partial charge in [0.1, 0.15) is 13.2 Å². The van der Waals surface area contributed by atoms with Crippen LogP contribution in [0.3, 0.4) is 0 Å². The Morgan fingerprint density at radius 1 is 1.50 bits per heavy atom. The summed E-state index contributed by atoms with van der Waals surface area (Å²) in [5, 5.41) is 2.40. The van der Waals surface area contributed by atoms with Crippen LogP contribution in [0, 0.1) is 0 Å². The molecule has 0 aliphatic carbocycles. The Hall–Kier alpha value is -0.340. The number of ether oxygens (including phenoxy) is 2. The lowest BCUT2D eigenvalue weighted by Crippen LogP contribution is -2.34. The predicted molar refractivity (Wildman–Crippen MR) is 54.5 cm³/mol. The molecule has 0 saturated carbocycles. The zero-order valence-electron chi connectivity index (χ0n) is 8.64. The number of carbonyl (C=O) groups is 1.